The lowest BCUT2D eigenvalue weighted by Crippen LogP contribution is -2.34. The topological polar surface area (TPSA) is 49.9 Å². The molecule has 8 aromatic rings. The molecular weight excluding hydrogens is 550 g/mol. The van der Waals surface area contributed by atoms with E-state index >= 15 is 0 Å². The van der Waals surface area contributed by atoms with Crippen LogP contribution >= 0.6 is 0 Å². The van der Waals surface area contributed by atoms with Crippen LogP contribution in [0.2, 0.25) is 0 Å². The molecule has 0 saturated carbocycles. The van der Waals surface area contributed by atoms with E-state index in [-0.39, 0.29) is 0 Å². The Morgan fingerprint density at radius 2 is 1.24 bits per heavy atom. The van der Waals surface area contributed by atoms with Gasteiger partial charge in [-0.3, -0.25) is 0 Å². The standard InChI is InChI=1S/C41H27N3O/c1-2-13-28(14-3-1)39-42-40(33-19-10-16-27-12-6-7-17-31(27)33)44-41(43-39)38-32(30-22-21-26-11-4-5-15-29(26)25-30)23-24-36-37(38)34-18-8-9-20-35(34)45-36/h1-25,41H,(H,42,43,44). The van der Waals surface area contributed by atoms with Crippen LogP contribution < -0.4 is 5.32 Å². The Kier molecular flexibility index (Phi) is 5.85. The summed E-state index contributed by atoms with van der Waals surface area (Å²) in [5, 5.41) is 10.6. The number of furan rings is 1. The molecule has 7 aromatic carbocycles. The maximum absolute atomic E-state index is 6.42. The second-order valence-electron chi connectivity index (χ2n) is 11.4. The maximum atomic E-state index is 6.42. The van der Waals surface area contributed by atoms with Gasteiger partial charge in [0.15, 0.2) is 5.84 Å². The highest BCUT2D eigenvalue weighted by Gasteiger charge is 2.28. The predicted octanol–water partition coefficient (Wildman–Crippen LogP) is 10.1. The lowest BCUT2D eigenvalue weighted by atomic mass is 9.91. The van der Waals surface area contributed by atoms with Gasteiger partial charge in [0.05, 0.1) is 0 Å². The molecule has 4 heteroatoms. The average Bonchev–Trinajstić information content (AvgIpc) is 3.50. The molecule has 1 aliphatic heterocycles. The zero-order valence-electron chi connectivity index (χ0n) is 24.3. The number of hydrogen-bond donors (Lipinski definition) is 1. The number of fused-ring (bicyclic) bond motifs is 5. The van der Waals surface area contributed by atoms with Crippen molar-refractivity contribution in [1.82, 2.24) is 5.32 Å². The van der Waals surface area contributed by atoms with Crippen LogP contribution in [0.5, 0.6) is 0 Å². The fourth-order valence-corrected chi connectivity index (χ4v) is 6.62. The van der Waals surface area contributed by atoms with E-state index in [2.05, 4.69) is 127 Å². The third kappa shape index (κ3) is 4.30. The van der Waals surface area contributed by atoms with Crippen LogP contribution in [0.25, 0.3) is 54.6 Å². The van der Waals surface area contributed by atoms with Crippen molar-refractivity contribution in [2.24, 2.45) is 9.98 Å². The van der Waals surface area contributed by atoms with E-state index in [0.29, 0.717) is 5.84 Å². The average molecular weight is 578 g/mol. The first-order valence-electron chi connectivity index (χ1n) is 15.2. The van der Waals surface area contributed by atoms with Crippen LogP contribution in [0.4, 0.5) is 0 Å². The monoisotopic (exact) mass is 577 g/mol. The quantitative estimate of drug-likeness (QED) is 0.226. The van der Waals surface area contributed by atoms with Crippen molar-refractivity contribution in [2.75, 3.05) is 0 Å². The smallest absolute Gasteiger partial charge is 0.159 e. The largest absolute Gasteiger partial charge is 0.456 e. The number of aliphatic imine (C=N–C) groups is 2. The van der Waals surface area contributed by atoms with Gasteiger partial charge in [-0.1, -0.05) is 133 Å². The molecule has 45 heavy (non-hydrogen) atoms. The van der Waals surface area contributed by atoms with Crippen LogP contribution in [0.1, 0.15) is 22.9 Å². The van der Waals surface area contributed by atoms with Gasteiger partial charge in [0, 0.05) is 27.5 Å². The second kappa shape index (κ2) is 10.3. The Hall–Kier alpha value is -6.00. The van der Waals surface area contributed by atoms with Gasteiger partial charge in [-0.05, 0) is 50.9 Å². The number of para-hydroxylation sites is 1. The normalized spacial score (nSPS) is 14.9. The van der Waals surface area contributed by atoms with Crippen molar-refractivity contribution in [1.29, 1.82) is 0 Å². The summed E-state index contributed by atoms with van der Waals surface area (Å²) in [6.07, 6.45) is -0.433. The minimum absolute atomic E-state index is 0.433. The first-order chi connectivity index (χ1) is 22.3. The molecule has 0 spiro atoms. The molecule has 0 bridgehead atoms. The summed E-state index contributed by atoms with van der Waals surface area (Å²) in [5.74, 6) is 1.48. The molecule has 0 fully saturated rings. The van der Waals surface area contributed by atoms with Gasteiger partial charge in [0.2, 0.25) is 0 Å². The van der Waals surface area contributed by atoms with Crippen molar-refractivity contribution in [3.05, 3.63) is 168 Å². The van der Waals surface area contributed by atoms with Gasteiger partial charge in [-0.25, -0.2) is 9.98 Å². The Labute approximate surface area is 260 Å². The Balaban J connectivity index is 1.33. The fourth-order valence-electron chi connectivity index (χ4n) is 6.62. The van der Waals surface area contributed by atoms with Gasteiger partial charge in [0.25, 0.3) is 0 Å². The number of benzene rings is 7. The molecule has 0 radical (unpaired) electrons. The van der Waals surface area contributed by atoms with E-state index in [4.69, 9.17) is 14.4 Å². The van der Waals surface area contributed by atoms with Crippen LogP contribution in [0.15, 0.2) is 166 Å². The van der Waals surface area contributed by atoms with Crippen molar-refractivity contribution >= 4 is 55.2 Å². The summed E-state index contributed by atoms with van der Waals surface area (Å²) >= 11 is 0. The number of nitrogens with zero attached hydrogens (tertiary/aromatic N) is 2. The predicted molar refractivity (Wildman–Crippen MR) is 186 cm³/mol. The van der Waals surface area contributed by atoms with E-state index in [9.17, 15) is 0 Å². The van der Waals surface area contributed by atoms with E-state index in [0.717, 1.165) is 61.0 Å². The van der Waals surface area contributed by atoms with Crippen molar-refractivity contribution in [3.63, 3.8) is 0 Å². The summed E-state index contributed by atoms with van der Waals surface area (Å²) in [6, 6.07) is 52.7. The molecule has 1 aromatic heterocycles. The highest BCUT2D eigenvalue weighted by Crippen LogP contribution is 2.42. The molecule has 212 valence electrons. The molecule has 2 heterocycles. The van der Waals surface area contributed by atoms with Crippen molar-refractivity contribution < 1.29 is 4.42 Å². The minimum atomic E-state index is -0.433. The lowest BCUT2D eigenvalue weighted by molar-refractivity contribution is 0.663. The molecule has 1 unspecified atom stereocenters. The molecule has 4 nitrogen and oxygen atoms in total. The summed E-state index contributed by atoms with van der Waals surface area (Å²) < 4.78 is 6.42. The maximum Gasteiger partial charge on any atom is 0.159 e. The zero-order chi connectivity index (χ0) is 29.7. The van der Waals surface area contributed by atoms with Gasteiger partial charge in [-0.15, -0.1) is 0 Å². The van der Waals surface area contributed by atoms with Crippen LogP contribution in [-0.4, -0.2) is 11.7 Å². The van der Waals surface area contributed by atoms with E-state index in [1.807, 2.05) is 30.3 Å². The third-order valence-corrected chi connectivity index (χ3v) is 8.74. The van der Waals surface area contributed by atoms with E-state index < -0.39 is 6.17 Å². The lowest BCUT2D eigenvalue weighted by Gasteiger charge is -2.26. The van der Waals surface area contributed by atoms with Crippen LogP contribution in [-0.2, 0) is 0 Å². The molecular formula is C41H27N3O. The summed E-state index contributed by atoms with van der Waals surface area (Å²) in [5.41, 5.74) is 7.00. The van der Waals surface area contributed by atoms with E-state index in [1.54, 1.807) is 0 Å². The van der Waals surface area contributed by atoms with Crippen molar-refractivity contribution in [2.45, 2.75) is 6.17 Å². The number of rotatable bonds is 4. The highest BCUT2D eigenvalue weighted by molar-refractivity contribution is 6.18. The highest BCUT2D eigenvalue weighted by atomic mass is 16.3. The van der Waals surface area contributed by atoms with Crippen LogP contribution in [0, 0.1) is 0 Å². The molecule has 1 aliphatic rings. The Morgan fingerprint density at radius 3 is 2.13 bits per heavy atom. The molecule has 9 rings (SSSR count). The first-order valence-corrected chi connectivity index (χ1v) is 15.2. The Bertz CT molecular complexity index is 2470. The fraction of sp³-hybridized carbons (Fsp3) is 0.0244. The summed E-state index contributed by atoms with van der Waals surface area (Å²) in [4.78, 5) is 10.5. The van der Waals surface area contributed by atoms with Gasteiger partial charge in [0.1, 0.15) is 23.2 Å². The summed E-state index contributed by atoms with van der Waals surface area (Å²) in [7, 11) is 0. The van der Waals surface area contributed by atoms with Gasteiger partial charge < -0.3 is 9.73 Å². The minimum Gasteiger partial charge on any atom is -0.456 e. The van der Waals surface area contributed by atoms with E-state index in [1.165, 1.54) is 16.2 Å². The molecule has 0 saturated heterocycles. The van der Waals surface area contributed by atoms with Crippen molar-refractivity contribution in [3.8, 4) is 11.1 Å². The van der Waals surface area contributed by atoms with Gasteiger partial charge >= 0.3 is 0 Å². The third-order valence-electron chi connectivity index (χ3n) is 8.74. The Morgan fingerprint density at radius 1 is 0.511 bits per heavy atom. The number of amidine groups is 2. The molecule has 0 amide bonds. The van der Waals surface area contributed by atoms with Gasteiger partial charge in [-0.2, -0.15) is 0 Å². The molecule has 1 atom stereocenters. The summed E-state index contributed by atoms with van der Waals surface area (Å²) in [6.45, 7) is 0. The second-order valence-corrected chi connectivity index (χ2v) is 11.4. The first kappa shape index (κ1) is 25.5. The van der Waals surface area contributed by atoms with Crippen LogP contribution in [0.3, 0.4) is 0 Å². The number of hydrogen-bond acceptors (Lipinski definition) is 4. The molecule has 1 N–H and O–H groups in total. The SMILES string of the molecule is c1ccc(C2=NC(c3c(-c4ccc5ccccc5c4)ccc4oc5ccccc5c34)NC(c3cccc4ccccc34)=N2)cc1. The zero-order valence-corrected chi connectivity index (χ0v) is 24.3. The molecule has 0 aliphatic carbocycles. The number of nitrogens with one attached hydrogen (secondary N) is 1.